The van der Waals surface area contributed by atoms with Gasteiger partial charge in [0.2, 0.25) is 0 Å². The van der Waals surface area contributed by atoms with Crippen LogP contribution in [0.3, 0.4) is 0 Å². The predicted octanol–water partition coefficient (Wildman–Crippen LogP) is 2.86. The smallest absolute Gasteiger partial charge is 0.198 e. The molecule has 2 aromatic heterocycles. The van der Waals surface area contributed by atoms with E-state index in [1.807, 2.05) is 0 Å². The first kappa shape index (κ1) is 10.4. The number of carbonyl (C=O) groups excluding carboxylic acids is 1. The van der Waals surface area contributed by atoms with Crippen LogP contribution in [-0.4, -0.2) is 10.8 Å². The Bertz CT molecular complexity index is 761. The average molecular weight is 236 g/mol. The van der Waals surface area contributed by atoms with Gasteiger partial charge < -0.3 is 9.40 Å². The van der Waals surface area contributed by atoms with Crippen molar-refractivity contribution in [3.05, 3.63) is 59.7 Å². The highest BCUT2D eigenvalue weighted by Gasteiger charge is 2.15. The van der Waals surface area contributed by atoms with E-state index >= 15 is 0 Å². The summed E-state index contributed by atoms with van der Waals surface area (Å²) in [6.07, 6.45) is 4.53. The zero-order valence-electron chi connectivity index (χ0n) is 9.31. The summed E-state index contributed by atoms with van der Waals surface area (Å²) >= 11 is 0. The average Bonchev–Trinajstić information content (AvgIpc) is 3.06. The second kappa shape index (κ2) is 3.90. The maximum atomic E-state index is 12.2. The number of nitrogens with zero attached hydrogens (tertiary/aromatic N) is 1. The van der Waals surface area contributed by atoms with E-state index in [4.69, 9.17) is 9.68 Å². The quantitative estimate of drug-likeness (QED) is 0.695. The van der Waals surface area contributed by atoms with Crippen LogP contribution in [0.25, 0.3) is 10.9 Å². The monoisotopic (exact) mass is 236 g/mol. The van der Waals surface area contributed by atoms with Crippen LogP contribution in [0.1, 0.15) is 21.5 Å². The molecule has 18 heavy (non-hydrogen) atoms. The standard InChI is InChI=1S/C14H8N2O2/c15-6-9-1-2-13-11(5-9)12(7-16-13)14(17)10-3-4-18-8-10/h1-5,7-8,16H. The molecule has 0 saturated carbocycles. The Balaban J connectivity index is 2.18. The van der Waals surface area contributed by atoms with Gasteiger partial charge >= 0.3 is 0 Å². The lowest BCUT2D eigenvalue weighted by molar-refractivity contribution is 0.103. The highest BCUT2D eigenvalue weighted by molar-refractivity contribution is 6.16. The van der Waals surface area contributed by atoms with Gasteiger partial charge in [0.15, 0.2) is 5.78 Å². The van der Waals surface area contributed by atoms with Crippen LogP contribution in [0, 0.1) is 11.3 Å². The first-order valence-electron chi connectivity index (χ1n) is 5.38. The number of hydrogen-bond acceptors (Lipinski definition) is 3. The SMILES string of the molecule is N#Cc1ccc2[nH]cc(C(=O)c3ccoc3)c2c1. The fourth-order valence-corrected chi connectivity index (χ4v) is 1.93. The lowest BCUT2D eigenvalue weighted by Crippen LogP contribution is -1.98. The van der Waals surface area contributed by atoms with Gasteiger partial charge in [-0.05, 0) is 24.3 Å². The van der Waals surface area contributed by atoms with Crippen LogP contribution in [0.15, 0.2) is 47.4 Å². The van der Waals surface area contributed by atoms with Crippen molar-refractivity contribution in [2.75, 3.05) is 0 Å². The van der Waals surface area contributed by atoms with E-state index in [2.05, 4.69) is 11.1 Å². The maximum Gasteiger partial charge on any atom is 0.198 e. The number of nitrogens with one attached hydrogen (secondary N) is 1. The predicted molar refractivity (Wildman–Crippen MR) is 65.2 cm³/mol. The van der Waals surface area contributed by atoms with Crippen molar-refractivity contribution in [2.45, 2.75) is 0 Å². The number of H-pyrrole nitrogens is 1. The highest BCUT2D eigenvalue weighted by atomic mass is 16.3. The molecule has 0 radical (unpaired) electrons. The van der Waals surface area contributed by atoms with Gasteiger partial charge in [-0.2, -0.15) is 5.26 Å². The van der Waals surface area contributed by atoms with Crippen LogP contribution in [-0.2, 0) is 0 Å². The topological polar surface area (TPSA) is 69.8 Å². The van der Waals surface area contributed by atoms with E-state index in [0.29, 0.717) is 16.7 Å². The second-order valence-corrected chi connectivity index (χ2v) is 3.92. The van der Waals surface area contributed by atoms with Crippen molar-refractivity contribution in [1.29, 1.82) is 5.26 Å². The summed E-state index contributed by atoms with van der Waals surface area (Å²) in [7, 11) is 0. The third kappa shape index (κ3) is 1.50. The second-order valence-electron chi connectivity index (χ2n) is 3.92. The fourth-order valence-electron chi connectivity index (χ4n) is 1.93. The molecule has 0 aliphatic carbocycles. The third-order valence-corrected chi connectivity index (χ3v) is 2.84. The van der Waals surface area contributed by atoms with E-state index in [0.717, 1.165) is 10.9 Å². The van der Waals surface area contributed by atoms with Crippen molar-refractivity contribution in [2.24, 2.45) is 0 Å². The van der Waals surface area contributed by atoms with Gasteiger partial charge in [-0.1, -0.05) is 0 Å². The number of carbonyl (C=O) groups is 1. The lowest BCUT2D eigenvalue weighted by Gasteiger charge is -1.96. The van der Waals surface area contributed by atoms with Gasteiger partial charge in [-0.3, -0.25) is 4.79 Å². The summed E-state index contributed by atoms with van der Waals surface area (Å²) in [5, 5.41) is 9.64. The van der Waals surface area contributed by atoms with E-state index < -0.39 is 0 Å². The highest BCUT2D eigenvalue weighted by Crippen LogP contribution is 2.22. The van der Waals surface area contributed by atoms with E-state index in [1.165, 1.54) is 12.5 Å². The minimum Gasteiger partial charge on any atom is -0.472 e. The number of nitriles is 1. The summed E-state index contributed by atoms with van der Waals surface area (Å²) in [6, 6.07) is 8.90. The van der Waals surface area contributed by atoms with Gasteiger partial charge in [-0.15, -0.1) is 0 Å². The van der Waals surface area contributed by atoms with Crippen molar-refractivity contribution < 1.29 is 9.21 Å². The van der Waals surface area contributed by atoms with Gasteiger partial charge in [0.25, 0.3) is 0 Å². The molecular weight excluding hydrogens is 228 g/mol. The lowest BCUT2D eigenvalue weighted by atomic mass is 10.0. The fraction of sp³-hybridized carbons (Fsp3) is 0. The molecule has 0 spiro atoms. The molecule has 0 bridgehead atoms. The van der Waals surface area contributed by atoms with Crippen LogP contribution in [0.2, 0.25) is 0 Å². The number of rotatable bonds is 2. The Hall–Kier alpha value is -2.80. The first-order chi connectivity index (χ1) is 8.79. The number of hydrogen-bond donors (Lipinski definition) is 1. The van der Waals surface area contributed by atoms with Crippen molar-refractivity contribution >= 4 is 16.7 Å². The number of benzene rings is 1. The minimum absolute atomic E-state index is 0.120. The number of fused-ring (bicyclic) bond motifs is 1. The molecule has 0 aliphatic heterocycles. The molecule has 3 rings (SSSR count). The van der Waals surface area contributed by atoms with Gasteiger partial charge in [0.05, 0.1) is 23.5 Å². The number of furan rings is 1. The molecule has 4 heteroatoms. The molecule has 0 unspecified atom stereocenters. The zero-order chi connectivity index (χ0) is 12.5. The molecule has 0 aliphatic rings. The van der Waals surface area contributed by atoms with E-state index in [-0.39, 0.29) is 5.78 Å². The summed E-state index contributed by atoms with van der Waals surface area (Å²) in [4.78, 5) is 15.2. The zero-order valence-corrected chi connectivity index (χ0v) is 9.31. The molecule has 86 valence electrons. The molecule has 0 amide bonds. The Labute approximate surface area is 102 Å². The minimum atomic E-state index is -0.120. The van der Waals surface area contributed by atoms with Crippen LogP contribution < -0.4 is 0 Å². The largest absolute Gasteiger partial charge is 0.472 e. The molecule has 3 aromatic rings. The molecular formula is C14H8N2O2. The van der Waals surface area contributed by atoms with Gasteiger partial charge in [0.1, 0.15) is 6.26 Å². The van der Waals surface area contributed by atoms with Crippen molar-refractivity contribution in [3.63, 3.8) is 0 Å². The van der Waals surface area contributed by atoms with E-state index in [9.17, 15) is 4.79 Å². The summed E-state index contributed by atoms with van der Waals surface area (Å²) in [5.41, 5.74) is 2.41. The van der Waals surface area contributed by atoms with Gasteiger partial charge in [-0.25, -0.2) is 0 Å². The van der Waals surface area contributed by atoms with Crippen LogP contribution in [0.4, 0.5) is 0 Å². The molecule has 4 nitrogen and oxygen atoms in total. The molecule has 0 atom stereocenters. The number of aromatic nitrogens is 1. The Kier molecular flexibility index (Phi) is 2.24. The summed E-state index contributed by atoms with van der Waals surface area (Å²) in [6.45, 7) is 0. The number of aromatic amines is 1. The van der Waals surface area contributed by atoms with Crippen molar-refractivity contribution in [3.8, 4) is 6.07 Å². The first-order valence-corrected chi connectivity index (χ1v) is 5.38. The molecule has 0 saturated heterocycles. The molecule has 1 N–H and O–H groups in total. The Morgan fingerprint density at radius 2 is 2.22 bits per heavy atom. The number of ketones is 1. The summed E-state index contributed by atoms with van der Waals surface area (Å²) < 4.78 is 4.91. The normalized spacial score (nSPS) is 10.4. The van der Waals surface area contributed by atoms with Crippen LogP contribution >= 0.6 is 0 Å². The van der Waals surface area contributed by atoms with E-state index in [1.54, 1.807) is 30.5 Å². The third-order valence-electron chi connectivity index (χ3n) is 2.84. The van der Waals surface area contributed by atoms with Crippen LogP contribution in [0.5, 0.6) is 0 Å². The molecule has 2 heterocycles. The molecule has 1 aromatic carbocycles. The van der Waals surface area contributed by atoms with Crippen molar-refractivity contribution in [1.82, 2.24) is 4.98 Å². The summed E-state index contributed by atoms with van der Waals surface area (Å²) in [5.74, 6) is -0.120. The Morgan fingerprint density at radius 3 is 2.94 bits per heavy atom. The van der Waals surface area contributed by atoms with Gasteiger partial charge in [0, 0.05) is 22.7 Å². The Morgan fingerprint density at radius 1 is 1.33 bits per heavy atom. The maximum absolute atomic E-state index is 12.2. The molecule has 0 fully saturated rings.